The molecule has 2 heterocycles. The van der Waals surface area contributed by atoms with Gasteiger partial charge in [-0.3, -0.25) is 9.59 Å². The van der Waals surface area contributed by atoms with E-state index in [1.54, 1.807) is 7.11 Å². The van der Waals surface area contributed by atoms with Gasteiger partial charge in [0.25, 0.3) is 5.91 Å². The van der Waals surface area contributed by atoms with Crippen LogP contribution in [0.15, 0.2) is 30.3 Å². The fourth-order valence-electron chi connectivity index (χ4n) is 3.56. The van der Waals surface area contributed by atoms with Crippen molar-refractivity contribution in [2.75, 3.05) is 46.5 Å². The number of methoxy groups -OCH3 is 1. The molecule has 6 nitrogen and oxygen atoms in total. The van der Waals surface area contributed by atoms with E-state index in [4.69, 9.17) is 9.47 Å². The Morgan fingerprint density at radius 3 is 2.28 bits per heavy atom. The lowest BCUT2D eigenvalue weighted by Gasteiger charge is -2.36. The summed E-state index contributed by atoms with van der Waals surface area (Å²) in [6, 6.07) is 9.54. The molecule has 1 aromatic rings. The quantitative estimate of drug-likeness (QED) is 0.828. The monoisotopic (exact) mass is 346 g/mol. The fraction of sp³-hybridized carbons (Fsp3) is 0.579. The Morgan fingerprint density at radius 2 is 1.68 bits per heavy atom. The fourth-order valence-corrected chi connectivity index (χ4v) is 3.56. The lowest BCUT2D eigenvalue weighted by molar-refractivity contribution is -0.148. The number of amides is 2. The third kappa shape index (κ3) is 4.19. The maximum atomic E-state index is 12.8. The molecule has 2 aliphatic heterocycles. The number of nitrogens with zero attached hydrogens (tertiary/aromatic N) is 2. The Labute approximate surface area is 148 Å². The number of morpholine rings is 1. The van der Waals surface area contributed by atoms with Crippen LogP contribution in [0.5, 0.6) is 0 Å². The van der Waals surface area contributed by atoms with Gasteiger partial charge in [0.05, 0.1) is 13.2 Å². The lowest BCUT2D eigenvalue weighted by atomic mass is 9.94. The van der Waals surface area contributed by atoms with Gasteiger partial charge in [0.1, 0.15) is 0 Å². The van der Waals surface area contributed by atoms with Crippen LogP contribution in [-0.2, 0) is 19.1 Å². The van der Waals surface area contributed by atoms with Crippen molar-refractivity contribution in [3.05, 3.63) is 35.9 Å². The maximum absolute atomic E-state index is 12.8. The van der Waals surface area contributed by atoms with E-state index in [-0.39, 0.29) is 17.7 Å². The van der Waals surface area contributed by atoms with Crippen molar-refractivity contribution in [1.82, 2.24) is 9.80 Å². The number of benzene rings is 1. The number of hydrogen-bond donors (Lipinski definition) is 0. The smallest absolute Gasteiger partial charge is 0.256 e. The third-order valence-electron chi connectivity index (χ3n) is 5.04. The van der Waals surface area contributed by atoms with E-state index < -0.39 is 6.10 Å². The highest BCUT2D eigenvalue weighted by atomic mass is 16.5. The summed E-state index contributed by atoms with van der Waals surface area (Å²) in [4.78, 5) is 29.1. The summed E-state index contributed by atoms with van der Waals surface area (Å²) in [7, 11) is 1.56. The van der Waals surface area contributed by atoms with Crippen LogP contribution in [0, 0.1) is 5.92 Å². The molecule has 1 atom stereocenters. The Kier molecular flexibility index (Phi) is 6.04. The number of rotatable bonds is 4. The summed E-state index contributed by atoms with van der Waals surface area (Å²) in [5.41, 5.74) is 0.863. The Morgan fingerprint density at radius 1 is 1.04 bits per heavy atom. The normalized spacial score (nSPS) is 20.4. The van der Waals surface area contributed by atoms with Crippen LogP contribution in [0.3, 0.4) is 0 Å². The van der Waals surface area contributed by atoms with E-state index in [0.717, 1.165) is 5.56 Å². The highest BCUT2D eigenvalue weighted by Gasteiger charge is 2.33. The molecule has 25 heavy (non-hydrogen) atoms. The predicted octanol–water partition coefficient (Wildman–Crippen LogP) is 1.47. The molecule has 2 saturated heterocycles. The zero-order chi connectivity index (χ0) is 17.6. The van der Waals surface area contributed by atoms with Gasteiger partial charge in [-0.05, 0) is 18.4 Å². The lowest BCUT2D eigenvalue weighted by Crippen LogP contribution is -2.48. The van der Waals surface area contributed by atoms with Crippen molar-refractivity contribution in [2.24, 2.45) is 5.92 Å². The van der Waals surface area contributed by atoms with Gasteiger partial charge in [0.2, 0.25) is 5.91 Å². The summed E-state index contributed by atoms with van der Waals surface area (Å²) >= 11 is 0. The molecule has 6 heteroatoms. The molecular formula is C19H26N2O4. The first-order valence-corrected chi connectivity index (χ1v) is 8.93. The van der Waals surface area contributed by atoms with Gasteiger partial charge >= 0.3 is 0 Å². The van der Waals surface area contributed by atoms with Gasteiger partial charge in [0, 0.05) is 39.2 Å². The minimum absolute atomic E-state index is 0.0138. The van der Waals surface area contributed by atoms with Crippen molar-refractivity contribution in [3.8, 4) is 0 Å². The van der Waals surface area contributed by atoms with Gasteiger partial charge in [-0.15, -0.1) is 0 Å². The van der Waals surface area contributed by atoms with Gasteiger partial charge in [-0.25, -0.2) is 0 Å². The molecular weight excluding hydrogens is 320 g/mol. The number of ether oxygens (including phenoxy) is 2. The Hall–Kier alpha value is -1.92. The zero-order valence-corrected chi connectivity index (χ0v) is 14.7. The molecule has 0 aromatic heterocycles. The number of carbonyl (C=O) groups excluding carboxylic acids is 2. The van der Waals surface area contributed by atoms with E-state index >= 15 is 0 Å². The number of likely N-dealkylation sites (tertiary alicyclic amines) is 1. The second kappa shape index (κ2) is 8.45. The molecule has 0 saturated carbocycles. The largest absolute Gasteiger partial charge is 0.378 e. The van der Waals surface area contributed by atoms with Crippen LogP contribution in [-0.4, -0.2) is 68.1 Å². The molecule has 3 rings (SSSR count). The summed E-state index contributed by atoms with van der Waals surface area (Å²) < 4.78 is 10.7. The van der Waals surface area contributed by atoms with Gasteiger partial charge in [0.15, 0.2) is 6.10 Å². The maximum Gasteiger partial charge on any atom is 0.256 e. The van der Waals surface area contributed by atoms with Crippen LogP contribution >= 0.6 is 0 Å². The first-order valence-electron chi connectivity index (χ1n) is 8.93. The van der Waals surface area contributed by atoms with Crippen molar-refractivity contribution >= 4 is 11.8 Å². The van der Waals surface area contributed by atoms with E-state index in [1.165, 1.54) is 0 Å². The second-order valence-corrected chi connectivity index (χ2v) is 6.56. The van der Waals surface area contributed by atoms with Crippen molar-refractivity contribution < 1.29 is 19.1 Å². The van der Waals surface area contributed by atoms with E-state index in [2.05, 4.69) is 0 Å². The molecule has 136 valence electrons. The van der Waals surface area contributed by atoms with Crippen LogP contribution in [0.2, 0.25) is 0 Å². The van der Waals surface area contributed by atoms with Gasteiger partial charge in [-0.1, -0.05) is 30.3 Å². The van der Waals surface area contributed by atoms with Crippen molar-refractivity contribution in [2.45, 2.75) is 18.9 Å². The summed E-state index contributed by atoms with van der Waals surface area (Å²) in [5.74, 6) is 0.201. The summed E-state index contributed by atoms with van der Waals surface area (Å²) in [6.45, 7) is 3.80. The first-order chi connectivity index (χ1) is 12.2. The Bertz CT molecular complexity index is 578. The van der Waals surface area contributed by atoms with Crippen LogP contribution in [0.4, 0.5) is 0 Å². The number of piperidine rings is 1. The highest BCUT2D eigenvalue weighted by molar-refractivity contribution is 5.83. The molecule has 2 fully saturated rings. The van der Waals surface area contributed by atoms with Crippen LogP contribution < -0.4 is 0 Å². The Balaban J connectivity index is 1.56. The average molecular weight is 346 g/mol. The molecule has 0 radical (unpaired) electrons. The number of hydrogen-bond acceptors (Lipinski definition) is 4. The molecule has 2 amide bonds. The summed E-state index contributed by atoms with van der Waals surface area (Å²) in [5, 5.41) is 0. The van der Waals surface area contributed by atoms with E-state index in [1.807, 2.05) is 40.1 Å². The minimum Gasteiger partial charge on any atom is -0.378 e. The van der Waals surface area contributed by atoms with Crippen molar-refractivity contribution in [3.63, 3.8) is 0 Å². The summed E-state index contributed by atoms with van der Waals surface area (Å²) in [6.07, 6.45) is 0.855. The van der Waals surface area contributed by atoms with Crippen molar-refractivity contribution in [1.29, 1.82) is 0 Å². The molecule has 0 bridgehead atoms. The standard InChI is InChI=1S/C19H26N2O4/c1-24-17(15-5-3-2-4-6-15)19(23)20-9-7-16(8-10-20)18(22)21-11-13-25-14-12-21/h2-6,16-17H,7-14H2,1H3. The molecule has 0 aliphatic carbocycles. The topological polar surface area (TPSA) is 59.1 Å². The second-order valence-electron chi connectivity index (χ2n) is 6.56. The van der Waals surface area contributed by atoms with Crippen LogP contribution in [0.25, 0.3) is 0 Å². The van der Waals surface area contributed by atoms with E-state index in [0.29, 0.717) is 52.2 Å². The first kappa shape index (κ1) is 17.9. The minimum atomic E-state index is -0.576. The molecule has 0 spiro atoms. The SMILES string of the molecule is COC(C(=O)N1CCC(C(=O)N2CCOCC2)CC1)c1ccccc1. The molecule has 1 unspecified atom stereocenters. The molecule has 2 aliphatic rings. The number of carbonyl (C=O) groups is 2. The predicted molar refractivity (Wildman–Crippen MR) is 92.9 cm³/mol. The molecule has 0 N–H and O–H groups in total. The third-order valence-corrected chi connectivity index (χ3v) is 5.04. The average Bonchev–Trinajstić information content (AvgIpc) is 2.69. The van der Waals surface area contributed by atoms with Gasteiger partial charge < -0.3 is 19.3 Å². The van der Waals surface area contributed by atoms with Gasteiger partial charge in [-0.2, -0.15) is 0 Å². The highest BCUT2D eigenvalue weighted by Crippen LogP contribution is 2.25. The molecule has 1 aromatic carbocycles. The van der Waals surface area contributed by atoms with Crippen LogP contribution in [0.1, 0.15) is 24.5 Å². The zero-order valence-electron chi connectivity index (χ0n) is 14.7. The van der Waals surface area contributed by atoms with E-state index in [9.17, 15) is 9.59 Å².